The lowest BCUT2D eigenvalue weighted by Gasteiger charge is -2.35. The molecule has 0 aromatic rings. The van der Waals surface area contributed by atoms with Crippen LogP contribution in [0.3, 0.4) is 0 Å². The second-order valence-corrected chi connectivity index (χ2v) is 4.77. The van der Waals surface area contributed by atoms with Gasteiger partial charge >= 0.3 is 0 Å². The molecule has 2 fully saturated rings. The van der Waals surface area contributed by atoms with Crippen LogP contribution in [0, 0.1) is 5.41 Å². The second-order valence-electron chi connectivity index (χ2n) is 4.77. The smallest absolute Gasteiger partial charge is 0.242 e. The van der Waals surface area contributed by atoms with Gasteiger partial charge in [0.2, 0.25) is 11.8 Å². The maximum Gasteiger partial charge on any atom is 0.242 e. The molecule has 1 heterocycles. The molecule has 0 aromatic carbocycles. The minimum absolute atomic E-state index is 0.0264. The standard InChI is InChI=1S/C11H18N2O2/c1-3-11(4-5-11)7-13-8(2)10(15)12-6-9(13)14/h8H,3-7H2,1-2H3,(H,12,15). The minimum Gasteiger partial charge on any atom is -0.345 e. The van der Waals surface area contributed by atoms with E-state index in [9.17, 15) is 9.59 Å². The number of rotatable bonds is 3. The molecule has 1 atom stereocenters. The molecule has 1 N–H and O–H groups in total. The quantitative estimate of drug-likeness (QED) is 0.738. The summed E-state index contributed by atoms with van der Waals surface area (Å²) in [6.07, 6.45) is 3.49. The first-order valence-electron chi connectivity index (χ1n) is 5.65. The van der Waals surface area contributed by atoms with Crippen molar-refractivity contribution in [1.29, 1.82) is 0 Å². The van der Waals surface area contributed by atoms with Gasteiger partial charge in [0.15, 0.2) is 0 Å². The van der Waals surface area contributed by atoms with E-state index in [0.29, 0.717) is 5.41 Å². The van der Waals surface area contributed by atoms with Crippen molar-refractivity contribution in [1.82, 2.24) is 10.2 Å². The molecule has 4 nitrogen and oxygen atoms in total. The normalized spacial score (nSPS) is 28.9. The van der Waals surface area contributed by atoms with Crippen LogP contribution in [0.4, 0.5) is 0 Å². The third kappa shape index (κ3) is 1.85. The van der Waals surface area contributed by atoms with Crippen molar-refractivity contribution in [3.63, 3.8) is 0 Å². The van der Waals surface area contributed by atoms with Gasteiger partial charge in [0.25, 0.3) is 0 Å². The number of carbonyl (C=O) groups is 2. The Balaban J connectivity index is 2.05. The highest BCUT2D eigenvalue weighted by Crippen LogP contribution is 2.49. The van der Waals surface area contributed by atoms with Gasteiger partial charge in [0.1, 0.15) is 6.04 Å². The van der Waals surface area contributed by atoms with E-state index in [1.807, 2.05) is 0 Å². The zero-order valence-electron chi connectivity index (χ0n) is 9.38. The molecule has 2 aliphatic rings. The number of hydrogen-bond donors (Lipinski definition) is 1. The van der Waals surface area contributed by atoms with Crippen molar-refractivity contribution in [3.05, 3.63) is 0 Å². The molecule has 4 heteroatoms. The van der Waals surface area contributed by atoms with E-state index in [0.717, 1.165) is 13.0 Å². The first-order chi connectivity index (χ1) is 7.08. The first-order valence-corrected chi connectivity index (χ1v) is 5.65. The lowest BCUT2D eigenvalue weighted by Crippen LogP contribution is -2.58. The summed E-state index contributed by atoms with van der Waals surface area (Å²) in [5.74, 6) is 0.0309. The highest BCUT2D eigenvalue weighted by molar-refractivity contribution is 5.94. The van der Waals surface area contributed by atoms with Crippen LogP contribution in [0.5, 0.6) is 0 Å². The van der Waals surface area contributed by atoms with E-state index in [2.05, 4.69) is 12.2 Å². The van der Waals surface area contributed by atoms with E-state index in [4.69, 9.17) is 0 Å². The summed E-state index contributed by atoms with van der Waals surface area (Å²) in [4.78, 5) is 24.9. The van der Waals surface area contributed by atoms with Gasteiger partial charge in [-0.2, -0.15) is 0 Å². The van der Waals surface area contributed by atoms with Gasteiger partial charge in [-0.3, -0.25) is 9.59 Å². The van der Waals surface area contributed by atoms with Gasteiger partial charge in [0, 0.05) is 6.54 Å². The molecule has 0 aromatic heterocycles. The van der Waals surface area contributed by atoms with Crippen LogP contribution < -0.4 is 5.32 Å². The third-order valence-electron chi connectivity index (χ3n) is 3.79. The summed E-state index contributed by atoms with van der Waals surface area (Å²) in [5.41, 5.74) is 0.321. The molecule has 1 unspecified atom stereocenters. The third-order valence-corrected chi connectivity index (χ3v) is 3.79. The Morgan fingerprint density at radius 1 is 1.47 bits per heavy atom. The fraction of sp³-hybridized carbons (Fsp3) is 0.818. The molecular formula is C11H18N2O2. The zero-order valence-corrected chi connectivity index (χ0v) is 9.38. The van der Waals surface area contributed by atoms with Gasteiger partial charge < -0.3 is 10.2 Å². The Labute approximate surface area is 90.0 Å². The lowest BCUT2D eigenvalue weighted by atomic mass is 10.0. The summed E-state index contributed by atoms with van der Waals surface area (Å²) in [5, 5.41) is 2.61. The van der Waals surface area contributed by atoms with Crippen molar-refractivity contribution < 1.29 is 9.59 Å². The number of nitrogens with one attached hydrogen (secondary N) is 1. The number of amides is 2. The van der Waals surface area contributed by atoms with Crippen molar-refractivity contribution in [3.8, 4) is 0 Å². The first kappa shape index (κ1) is 10.5. The Morgan fingerprint density at radius 3 is 2.67 bits per heavy atom. The predicted molar refractivity (Wildman–Crippen MR) is 56.1 cm³/mol. The summed E-state index contributed by atoms with van der Waals surface area (Å²) in [6, 6.07) is -0.296. The molecule has 2 rings (SSSR count). The van der Waals surface area contributed by atoms with Crippen LogP contribution in [0.25, 0.3) is 0 Å². The SMILES string of the molecule is CCC1(CN2C(=O)CNC(=O)C2C)CC1. The monoisotopic (exact) mass is 210 g/mol. The summed E-state index contributed by atoms with van der Waals surface area (Å²) < 4.78 is 0. The van der Waals surface area contributed by atoms with E-state index >= 15 is 0 Å². The Bertz CT molecular complexity index is 297. The van der Waals surface area contributed by atoms with E-state index in [1.165, 1.54) is 12.8 Å². The molecule has 84 valence electrons. The summed E-state index contributed by atoms with van der Waals surface area (Å²) in [7, 11) is 0. The number of hydrogen-bond acceptors (Lipinski definition) is 2. The van der Waals surface area contributed by atoms with Gasteiger partial charge in [-0.25, -0.2) is 0 Å². The summed E-state index contributed by atoms with van der Waals surface area (Å²) in [6.45, 7) is 4.89. The van der Waals surface area contributed by atoms with Crippen LogP contribution >= 0.6 is 0 Å². The van der Waals surface area contributed by atoms with Crippen LogP contribution in [-0.2, 0) is 9.59 Å². The molecule has 1 saturated heterocycles. The largest absolute Gasteiger partial charge is 0.345 e. The Hall–Kier alpha value is -1.06. The van der Waals surface area contributed by atoms with Crippen LogP contribution in [-0.4, -0.2) is 35.8 Å². The average molecular weight is 210 g/mol. The van der Waals surface area contributed by atoms with Crippen LogP contribution in [0.2, 0.25) is 0 Å². The Kier molecular flexibility index (Phi) is 2.44. The van der Waals surface area contributed by atoms with Crippen LogP contribution in [0.1, 0.15) is 33.1 Å². The molecule has 0 bridgehead atoms. The van der Waals surface area contributed by atoms with Gasteiger partial charge in [-0.1, -0.05) is 6.92 Å². The molecule has 0 spiro atoms. The lowest BCUT2D eigenvalue weighted by molar-refractivity contribution is -0.145. The number of carbonyl (C=O) groups excluding carboxylic acids is 2. The second kappa shape index (κ2) is 3.51. The van der Waals surface area contributed by atoms with Crippen LogP contribution in [0.15, 0.2) is 0 Å². The van der Waals surface area contributed by atoms with E-state index in [-0.39, 0.29) is 24.4 Å². The zero-order chi connectivity index (χ0) is 11.1. The van der Waals surface area contributed by atoms with E-state index in [1.54, 1.807) is 11.8 Å². The molecule has 1 aliphatic heterocycles. The molecule has 2 amide bonds. The highest BCUT2D eigenvalue weighted by Gasteiger charge is 2.45. The fourth-order valence-electron chi connectivity index (χ4n) is 2.16. The molecule has 1 aliphatic carbocycles. The Morgan fingerprint density at radius 2 is 2.13 bits per heavy atom. The van der Waals surface area contributed by atoms with E-state index < -0.39 is 0 Å². The number of piperazine rings is 1. The number of nitrogens with zero attached hydrogens (tertiary/aromatic N) is 1. The molecular weight excluding hydrogens is 192 g/mol. The van der Waals surface area contributed by atoms with Gasteiger partial charge in [-0.15, -0.1) is 0 Å². The maximum absolute atomic E-state index is 11.7. The minimum atomic E-state index is -0.296. The molecule has 15 heavy (non-hydrogen) atoms. The maximum atomic E-state index is 11.7. The average Bonchev–Trinajstić information content (AvgIpc) is 3.00. The van der Waals surface area contributed by atoms with Crippen molar-refractivity contribution in [2.45, 2.75) is 39.2 Å². The van der Waals surface area contributed by atoms with Crippen molar-refractivity contribution in [2.24, 2.45) is 5.41 Å². The molecule has 1 saturated carbocycles. The van der Waals surface area contributed by atoms with Crippen molar-refractivity contribution >= 4 is 11.8 Å². The highest BCUT2D eigenvalue weighted by atomic mass is 16.2. The topological polar surface area (TPSA) is 49.4 Å². The van der Waals surface area contributed by atoms with Crippen molar-refractivity contribution in [2.75, 3.05) is 13.1 Å². The van der Waals surface area contributed by atoms with Gasteiger partial charge in [-0.05, 0) is 31.6 Å². The molecule has 0 radical (unpaired) electrons. The summed E-state index contributed by atoms with van der Waals surface area (Å²) >= 11 is 0. The fourth-order valence-corrected chi connectivity index (χ4v) is 2.16. The van der Waals surface area contributed by atoms with Gasteiger partial charge in [0.05, 0.1) is 6.54 Å². The predicted octanol–water partition coefficient (Wildman–Crippen LogP) is 0.523.